The number of nitrogens with zero attached hydrogens (tertiary/aromatic N) is 2. The molecule has 136 valence electrons. The zero-order valence-corrected chi connectivity index (χ0v) is 15.0. The molecule has 0 saturated carbocycles. The van der Waals surface area contributed by atoms with E-state index in [1.54, 1.807) is 18.3 Å². The second kappa shape index (κ2) is 8.01. The molecule has 4 rings (SSSR count). The van der Waals surface area contributed by atoms with Gasteiger partial charge in [-0.2, -0.15) is 0 Å². The summed E-state index contributed by atoms with van der Waals surface area (Å²) in [4.78, 5) is 18.9. The molecule has 0 spiro atoms. The standard InChI is InChI=1S/C22H21N3O2/c26-21(11-6-18-4-1-3-17-5-2-12-23-22(17)18)24-19-7-9-20(10-8-19)25-13-15-27-16-14-25/h1-12H,13-16H2,(H,24,26)/b11-6+. The molecule has 3 aromatic rings. The van der Waals surface area contributed by atoms with E-state index in [1.807, 2.05) is 54.6 Å². The van der Waals surface area contributed by atoms with Crippen LogP contribution >= 0.6 is 0 Å². The number of anilines is 2. The van der Waals surface area contributed by atoms with Crippen LogP contribution in [0.1, 0.15) is 5.56 Å². The highest BCUT2D eigenvalue weighted by atomic mass is 16.5. The number of amides is 1. The lowest BCUT2D eigenvalue weighted by atomic mass is 10.1. The number of fused-ring (bicyclic) bond motifs is 1. The highest BCUT2D eigenvalue weighted by Gasteiger charge is 2.10. The lowest BCUT2D eigenvalue weighted by Crippen LogP contribution is -2.36. The summed E-state index contributed by atoms with van der Waals surface area (Å²) >= 11 is 0. The monoisotopic (exact) mass is 359 g/mol. The van der Waals surface area contributed by atoms with Crippen LogP contribution in [0.5, 0.6) is 0 Å². The van der Waals surface area contributed by atoms with Crippen LogP contribution < -0.4 is 10.2 Å². The number of carbonyl (C=O) groups is 1. The van der Waals surface area contributed by atoms with Crippen molar-refractivity contribution < 1.29 is 9.53 Å². The fraction of sp³-hybridized carbons (Fsp3) is 0.182. The lowest BCUT2D eigenvalue weighted by molar-refractivity contribution is -0.111. The average molecular weight is 359 g/mol. The number of carbonyl (C=O) groups excluding carboxylic acids is 1. The number of nitrogens with one attached hydrogen (secondary N) is 1. The lowest BCUT2D eigenvalue weighted by Gasteiger charge is -2.28. The number of aromatic nitrogens is 1. The Morgan fingerprint density at radius 2 is 1.81 bits per heavy atom. The predicted octanol–water partition coefficient (Wildman–Crippen LogP) is 3.72. The zero-order valence-electron chi connectivity index (χ0n) is 15.0. The number of para-hydroxylation sites is 1. The molecule has 1 aliphatic heterocycles. The predicted molar refractivity (Wildman–Crippen MR) is 109 cm³/mol. The second-order valence-electron chi connectivity index (χ2n) is 6.39. The molecule has 0 radical (unpaired) electrons. The first kappa shape index (κ1) is 17.2. The quantitative estimate of drug-likeness (QED) is 0.722. The third kappa shape index (κ3) is 4.15. The molecular formula is C22H21N3O2. The Balaban J connectivity index is 1.42. The first-order valence-corrected chi connectivity index (χ1v) is 9.05. The summed E-state index contributed by atoms with van der Waals surface area (Å²) in [6.45, 7) is 3.31. The van der Waals surface area contributed by atoms with Crippen molar-refractivity contribution in [3.8, 4) is 0 Å². The Morgan fingerprint density at radius 1 is 1.04 bits per heavy atom. The molecule has 1 aromatic heterocycles. The smallest absolute Gasteiger partial charge is 0.248 e. The molecule has 2 aromatic carbocycles. The number of rotatable bonds is 4. The number of ether oxygens (including phenoxy) is 1. The highest BCUT2D eigenvalue weighted by Crippen LogP contribution is 2.20. The second-order valence-corrected chi connectivity index (χ2v) is 6.39. The van der Waals surface area contributed by atoms with Gasteiger partial charge in [0.25, 0.3) is 0 Å². The molecule has 1 fully saturated rings. The molecule has 27 heavy (non-hydrogen) atoms. The Hall–Kier alpha value is -3.18. The van der Waals surface area contributed by atoms with Gasteiger partial charge in [-0.1, -0.05) is 24.3 Å². The Kier molecular flexibility index (Phi) is 5.12. The van der Waals surface area contributed by atoms with E-state index in [0.717, 1.165) is 54.1 Å². The van der Waals surface area contributed by atoms with Crippen LogP contribution in [0.15, 0.2) is 66.9 Å². The van der Waals surface area contributed by atoms with Crippen molar-refractivity contribution in [2.24, 2.45) is 0 Å². The maximum Gasteiger partial charge on any atom is 0.248 e. The molecule has 0 bridgehead atoms. The van der Waals surface area contributed by atoms with Gasteiger partial charge in [-0.25, -0.2) is 0 Å². The van der Waals surface area contributed by atoms with Crippen molar-refractivity contribution in [3.63, 3.8) is 0 Å². The van der Waals surface area contributed by atoms with Gasteiger partial charge < -0.3 is 15.0 Å². The molecule has 5 heteroatoms. The van der Waals surface area contributed by atoms with Gasteiger partial charge in [-0.05, 0) is 36.4 Å². The van der Waals surface area contributed by atoms with E-state index in [9.17, 15) is 4.79 Å². The van der Waals surface area contributed by atoms with Crippen LogP contribution in [-0.4, -0.2) is 37.2 Å². The molecule has 1 amide bonds. The average Bonchev–Trinajstić information content (AvgIpc) is 2.73. The van der Waals surface area contributed by atoms with Crippen molar-refractivity contribution in [2.45, 2.75) is 0 Å². The minimum Gasteiger partial charge on any atom is -0.378 e. The van der Waals surface area contributed by atoms with Gasteiger partial charge in [0, 0.05) is 47.7 Å². The third-order valence-electron chi connectivity index (χ3n) is 4.59. The van der Waals surface area contributed by atoms with E-state index in [4.69, 9.17) is 4.74 Å². The van der Waals surface area contributed by atoms with Crippen molar-refractivity contribution >= 4 is 34.3 Å². The minimum absolute atomic E-state index is 0.165. The molecule has 0 atom stereocenters. The van der Waals surface area contributed by atoms with E-state index in [-0.39, 0.29) is 5.91 Å². The van der Waals surface area contributed by atoms with Gasteiger partial charge in [0.1, 0.15) is 0 Å². The molecule has 1 aliphatic rings. The maximum absolute atomic E-state index is 12.3. The molecule has 1 saturated heterocycles. The van der Waals surface area contributed by atoms with Gasteiger partial charge in [-0.3, -0.25) is 9.78 Å². The van der Waals surface area contributed by atoms with Crippen molar-refractivity contribution in [3.05, 3.63) is 72.4 Å². The topological polar surface area (TPSA) is 54.5 Å². The van der Waals surface area contributed by atoms with Crippen LogP contribution in [0.4, 0.5) is 11.4 Å². The van der Waals surface area contributed by atoms with Crippen LogP contribution in [0.3, 0.4) is 0 Å². The Morgan fingerprint density at radius 3 is 2.63 bits per heavy atom. The van der Waals surface area contributed by atoms with E-state index in [2.05, 4.69) is 15.2 Å². The van der Waals surface area contributed by atoms with Crippen molar-refractivity contribution in [1.82, 2.24) is 4.98 Å². The summed E-state index contributed by atoms with van der Waals surface area (Å²) in [5.74, 6) is -0.165. The number of pyridine rings is 1. The Labute approximate surface area is 158 Å². The summed E-state index contributed by atoms with van der Waals surface area (Å²) in [6.07, 6.45) is 5.10. The van der Waals surface area contributed by atoms with Crippen molar-refractivity contribution in [2.75, 3.05) is 36.5 Å². The molecule has 0 aliphatic carbocycles. The largest absolute Gasteiger partial charge is 0.378 e. The molecule has 2 heterocycles. The van der Waals surface area contributed by atoms with E-state index in [1.165, 1.54) is 0 Å². The normalized spacial score (nSPS) is 14.6. The van der Waals surface area contributed by atoms with Crippen LogP contribution in [-0.2, 0) is 9.53 Å². The van der Waals surface area contributed by atoms with Crippen LogP contribution in [0.25, 0.3) is 17.0 Å². The van der Waals surface area contributed by atoms with Crippen LogP contribution in [0.2, 0.25) is 0 Å². The first-order valence-electron chi connectivity index (χ1n) is 9.05. The van der Waals surface area contributed by atoms with Gasteiger partial charge in [0.05, 0.1) is 18.7 Å². The highest BCUT2D eigenvalue weighted by molar-refractivity contribution is 6.03. The van der Waals surface area contributed by atoms with E-state index in [0.29, 0.717) is 0 Å². The summed E-state index contributed by atoms with van der Waals surface area (Å²) in [7, 11) is 0. The molecule has 5 nitrogen and oxygen atoms in total. The van der Waals surface area contributed by atoms with Crippen LogP contribution in [0, 0.1) is 0 Å². The third-order valence-corrected chi connectivity index (χ3v) is 4.59. The number of morpholine rings is 1. The fourth-order valence-electron chi connectivity index (χ4n) is 3.19. The van der Waals surface area contributed by atoms with Gasteiger partial charge in [0.2, 0.25) is 5.91 Å². The number of hydrogen-bond acceptors (Lipinski definition) is 4. The van der Waals surface area contributed by atoms with Gasteiger partial charge in [0.15, 0.2) is 0 Å². The SMILES string of the molecule is O=C(/C=C/c1cccc2cccnc12)Nc1ccc(N2CCOCC2)cc1. The molecule has 0 unspecified atom stereocenters. The minimum atomic E-state index is -0.165. The fourth-order valence-corrected chi connectivity index (χ4v) is 3.19. The Bertz CT molecular complexity index is 955. The molecular weight excluding hydrogens is 338 g/mol. The summed E-state index contributed by atoms with van der Waals surface area (Å²) in [5, 5.41) is 3.96. The van der Waals surface area contributed by atoms with Crippen molar-refractivity contribution in [1.29, 1.82) is 0 Å². The zero-order chi connectivity index (χ0) is 18.5. The summed E-state index contributed by atoms with van der Waals surface area (Å²) in [5.41, 5.74) is 3.73. The number of hydrogen-bond donors (Lipinski definition) is 1. The van der Waals surface area contributed by atoms with E-state index >= 15 is 0 Å². The summed E-state index contributed by atoms with van der Waals surface area (Å²) in [6, 6.07) is 17.8. The van der Waals surface area contributed by atoms with Gasteiger partial charge in [-0.15, -0.1) is 0 Å². The first-order chi connectivity index (χ1) is 13.3. The van der Waals surface area contributed by atoms with E-state index < -0.39 is 0 Å². The molecule has 1 N–H and O–H groups in total. The number of benzene rings is 2. The van der Waals surface area contributed by atoms with Gasteiger partial charge >= 0.3 is 0 Å². The maximum atomic E-state index is 12.3. The summed E-state index contributed by atoms with van der Waals surface area (Å²) < 4.78 is 5.38.